The van der Waals surface area contributed by atoms with Crippen molar-refractivity contribution in [3.63, 3.8) is 0 Å². The number of piperazine rings is 1. The van der Waals surface area contributed by atoms with E-state index in [0.29, 0.717) is 10.8 Å². The number of nitrogens with zero attached hydrogens (tertiary/aromatic N) is 4. The third-order valence-electron chi connectivity index (χ3n) is 5.02. The van der Waals surface area contributed by atoms with Crippen LogP contribution in [0, 0.1) is 0 Å². The first-order chi connectivity index (χ1) is 13.2. The van der Waals surface area contributed by atoms with Crippen LogP contribution < -0.4 is 10.6 Å². The molecule has 1 fully saturated rings. The van der Waals surface area contributed by atoms with Gasteiger partial charge < -0.3 is 10.6 Å². The summed E-state index contributed by atoms with van der Waals surface area (Å²) in [7, 11) is 0. The number of anilines is 2. The van der Waals surface area contributed by atoms with Crippen LogP contribution in [0.25, 0.3) is 0 Å². The first-order valence-electron chi connectivity index (χ1n) is 9.09. The van der Waals surface area contributed by atoms with Crippen LogP contribution in [-0.4, -0.2) is 41.0 Å². The maximum atomic E-state index is 6.08. The van der Waals surface area contributed by atoms with Crippen LogP contribution >= 0.6 is 11.6 Å². The summed E-state index contributed by atoms with van der Waals surface area (Å²) in [5, 5.41) is 0.314. The van der Waals surface area contributed by atoms with E-state index >= 15 is 0 Å². The number of rotatable bonds is 4. The molecule has 1 aliphatic rings. The van der Waals surface area contributed by atoms with E-state index in [1.165, 1.54) is 17.5 Å². The van der Waals surface area contributed by atoms with Gasteiger partial charge in [-0.3, -0.25) is 4.90 Å². The van der Waals surface area contributed by atoms with Gasteiger partial charge in [-0.2, -0.15) is 0 Å². The lowest BCUT2D eigenvalue weighted by Gasteiger charge is -2.40. The van der Waals surface area contributed by atoms with E-state index in [0.717, 1.165) is 32.0 Å². The van der Waals surface area contributed by atoms with Gasteiger partial charge in [0.2, 0.25) is 0 Å². The molecule has 3 aromatic rings. The first-order valence-corrected chi connectivity index (χ1v) is 9.46. The molecular weight excluding hydrogens is 358 g/mol. The smallest absolute Gasteiger partial charge is 0.157 e. The Labute approximate surface area is 164 Å². The topological polar surface area (TPSA) is 58.3 Å². The van der Waals surface area contributed by atoms with E-state index < -0.39 is 0 Å². The van der Waals surface area contributed by atoms with Gasteiger partial charge in [-0.15, -0.1) is 0 Å². The number of hydrogen-bond donors (Lipinski definition) is 1. The summed E-state index contributed by atoms with van der Waals surface area (Å²) < 4.78 is 0. The van der Waals surface area contributed by atoms with Crippen LogP contribution in [0.4, 0.5) is 11.5 Å². The summed E-state index contributed by atoms with van der Waals surface area (Å²) in [4.78, 5) is 13.0. The Morgan fingerprint density at radius 1 is 0.815 bits per heavy atom. The quantitative estimate of drug-likeness (QED) is 0.701. The second-order valence-electron chi connectivity index (χ2n) is 6.65. The Kier molecular flexibility index (Phi) is 5.23. The Morgan fingerprint density at radius 3 is 1.93 bits per heavy atom. The number of nitrogens with two attached hydrogens (primary N) is 1. The Bertz CT molecular complexity index is 840. The molecular formula is C21H22ClN5. The van der Waals surface area contributed by atoms with Gasteiger partial charge in [0, 0.05) is 26.2 Å². The van der Waals surface area contributed by atoms with Gasteiger partial charge >= 0.3 is 0 Å². The van der Waals surface area contributed by atoms with Crippen LogP contribution in [0.2, 0.25) is 5.15 Å². The molecule has 0 spiro atoms. The highest BCUT2D eigenvalue weighted by molar-refractivity contribution is 6.32. The third-order valence-corrected chi connectivity index (χ3v) is 5.33. The second kappa shape index (κ2) is 7.94. The molecule has 138 valence electrons. The predicted molar refractivity (Wildman–Crippen MR) is 110 cm³/mol. The van der Waals surface area contributed by atoms with Crippen molar-refractivity contribution in [2.75, 3.05) is 36.8 Å². The van der Waals surface area contributed by atoms with Crippen LogP contribution in [0.3, 0.4) is 0 Å². The predicted octanol–water partition coefficient (Wildman–Crippen LogP) is 3.62. The van der Waals surface area contributed by atoms with Gasteiger partial charge in [0.25, 0.3) is 0 Å². The summed E-state index contributed by atoms with van der Waals surface area (Å²) in [6, 6.07) is 21.6. The third kappa shape index (κ3) is 3.75. The fourth-order valence-electron chi connectivity index (χ4n) is 3.69. The molecule has 0 bridgehead atoms. The Hall–Kier alpha value is -2.63. The van der Waals surface area contributed by atoms with Gasteiger partial charge in [0.05, 0.1) is 6.04 Å². The summed E-state index contributed by atoms with van der Waals surface area (Å²) in [5.41, 5.74) is 9.15. The van der Waals surface area contributed by atoms with Crippen LogP contribution in [0.15, 0.2) is 67.0 Å². The van der Waals surface area contributed by atoms with E-state index in [2.05, 4.69) is 80.4 Å². The van der Waals surface area contributed by atoms with Crippen molar-refractivity contribution < 1.29 is 0 Å². The van der Waals surface area contributed by atoms with Crippen molar-refractivity contribution in [1.82, 2.24) is 14.9 Å². The number of halogens is 1. The molecule has 1 aliphatic heterocycles. The lowest BCUT2D eigenvalue weighted by Crippen LogP contribution is -2.48. The molecule has 0 unspecified atom stereocenters. The summed E-state index contributed by atoms with van der Waals surface area (Å²) in [6.45, 7) is 3.51. The standard InChI is InChI=1S/C21H22ClN5/c22-20-18(23)21(25-15-24-20)27-13-11-26(12-14-27)19(16-7-3-1-4-8-16)17-9-5-2-6-10-17/h1-10,15,19H,11-14,23H2. The molecule has 1 aromatic heterocycles. The summed E-state index contributed by atoms with van der Waals surface area (Å²) in [5.74, 6) is 0.727. The highest BCUT2D eigenvalue weighted by atomic mass is 35.5. The van der Waals surface area contributed by atoms with E-state index in [1.807, 2.05) is 0 Å². The SMILES string of the molecule is Nc1c(Cl)ncnc1N1CCN(C(c2ccccc2)c2ccccc2)CC1. The van der Waals surface area contributed by atoms with Crippen molar-refractivity contribution in [2.45, 2.75) is 6.04 Å². The van der Waals surface area contributed by atoms with E-state index in [-0.39, 0.29) is 6.04 Å². The summed E-state index contributed by atoms with van der Waals surface area (Å²) in [6.07, 6.45) is 1.47. The van der Waals surface area contributed by atoms with E-state index in [4.69, 9.17) is 17.3 Å². The van der Waals surface area contributed by atoms with Crippen LogP contribution in [0.1, 0.15) is 17.2 Å². The fourth-order valence-corrected chi connectivity index (χ4v) is 3.82. The zero-order chi connectivity index (χ0) is 18.6. The van der Waals surface area contributed by atoms with Gasteiger partial charge in [-0.1, -0.05) is 72.3 Å². The van der Waals surface area contributed by atoms with Gasteiger partial charge in [0.15, 0.2) is 11.0 Å². The van der Waals surface area contributed by atoms with E-state index in [9.17, 15) is 0 Å². The fraction of sp³-hybridized carbons (Fsp3) is 0.238. The zero-order valence-corrected chi connectivity index (χ0v) is 15.8. The monoisotopic (exact) mass is 379 g/mol. The molecule has 1 saturated heterocycles. The lowest BCUT2D eigenvalue weighted by molar-refractivity contribution is 0.212. The molecule has 0 aliphatic carbocycles. The van der Waals surface area contributed by atoms with Crippen molar-refractivity contribution >= 4 is 23.1 Å². The van der Waals surface area contributed by atoms with E-state index in [1.54, 1.807) is 0 Å². The molecule has 4 rings (SSSR count). The lowest BCUT2D eigenvalue weighted by atomic mass is 9.96. The maximum Gasteiger partial charge on any atom is 0.157 e. The summed E-state index contributed by atoms with van der Waals surface area (Å²) >= 11 is 6.06. The van der Waals surface area contributed by atoms with Crippen molar-refractivity contribution in [3.05, 3.63) is 83.3 Å². The minimum atomic E-state index is 0.237. The molecule has 0 amide bonds. The average molecular weight is 380 g/mol. The van der Waals surface area contributed by atoms with Gasteiger partial charge in [-0.05, 0) is 11.1 Å². The number of nitrogen functional groups attached to an aromatic ring is 1. The molecule has 0 atom stereocenters. The number of hydrogen-bond acceptors (Lipinski definition) is 5. The minimum Gasteiger partial charge on any atom is -0.393 e. The second-order valence-corrected chi connectivity index (χ2v) is 7.01. The first kappa shape index (κ1) is 17.8. The molecule has 0 saturated carbocycles. The van der Waals surface area contributed by atoms with Crippen molar-refractivity contribution in [3.8, 4) is 0 Å². The van der Waals surface area contributed by atoms with Gasteiger partial charge in [-0.25, -0.2) is 9.97 Å². The molecule has 0 radical (unpaired) electrons. The zero-order valence-electron chi connectivity index (χ0n) is 15.0. The highest BCUT2D eigenvalue weighted by Crippen LogP contribution is 2.31. The highest BCUT2D eigenvalue weighted by Gasteiger charge is 2.27. The van der Waals surface area contributed by atoms with Crippen molar-refractivity contribution in [2.24, 2.45) is 0 Å². The average Bonchev–Trinajstić information content (AvgIpc) is 2.73. The molecule has 6 heteroatoms. The molecule has 5 nitrogen and oxygen atoms in total. The molecule has 2 aromatic carbocycles. The van der Waals surface area contributed by atoms with Crippen LogP contribution in [-0.2, 0) is 0 Å². The maximum absolute atomic E-state index is 6.08. The normalized spacial score (nSPS) is 15.3. The minimum absolute atomic E-state index is 0.237. The van der Waals surface area contributed by atoms with Crippen LogP contribution in [0.5, 0.6) is 0 Å². The Morgan fingerprint density at radius 2 is 1.37 bits per heavy atom. The largest absolute Gasteiger partial charge is 0.393 e. The van der Waals surface area contributed by atoms with Crippen molar-refractivity contribution in [1.29, 1.82) is 0 Å². The molecule has 2 heterocycles. The Balaban J connectivity index is 1.56. The molecule has 27 heavy (non-hydrogen) atoms. The van der Waals surface area contributed by atoms with Gasteiger partial charge in [0.1, 0.15) is 12.0 Å². The number of benzene rings is 2. The number of aromatic nitrogens is 2. The molecule has 2 N–H and O–H groups in total.